The van der Waals surface area contributed by atoms with Gasteiger partial charge in [0, 0.05) is 29.8 Å². The van der Waals surface area contributed by atoms with Crippen molar-refractivity contribution in [2.45, 2.75) is 20.0 Å². The molecule has 1 aliphatic rings. The van der Waals surface area contributed by atoms with Crippen molar-refractivity contribution < 1.29 is 23.8 Å². The molecule has 1 fully saturated rings. The molecule has 0 atom stereocenters. The average molecular weight is 541 g/mol. The van der Waals surface area contributed by atoms with Crippen LogP contribution in [0, 0.1) is 0 Å². The molecule has 2 amide bonds. The van der Waals surface area contributed by atoms with Crippen LogP contribution in [0.5, 0.6) is 11.5 Å². The first-order valence-electron chi connectivity index (χ1n) is 10.0. The van der Waals surface area contributed by atoms with Crippen molar-refractivity contribution in [3.05, 3.63) is 61.9 Å². The molecule has 2 aromatic carbocycles. The highest BCUT2D eigenvalue weighted by atomic mass is 79.9. The van der Waals surface area contributed by atoms with Crippen LogP contribution in [0.15, 0.2) is 45.8 Å². The summed E-state index contributed by atoms with van der Waals surface area (Å²) in [5.41, 5.74) is 1.69. The summed E-state index contributed by atoms with van der Waals surface area (Å²) < 4.78 is 17.4. The molecular weight excluding hydrogens is 518 g/mol. The first-order chi connectivity index (χ1) is 15.4. The highest BCUT2D eigenvalue weighted by Gasteiger charge is 2.34. The van der Waals surface area contributed by atoms with Gasteiger partial charge in [-0.25, -0.2) is 0 Å². The number of benzene rings is 2. The molecule has 1 aliphatic heterocycles. The van der Waals surface area contributed by atoms with Crippen LogP contribution >= 0.6 is 39.3 Å². The lowest BCUT2D eigenvalue weighted by Gasteiger charge is -2.14. The van der Waals surface area contributed by atoms with Crippen molar-refractivity contribution >= 4 is 56.5 Å². The van der Waals surface area contributed by atoms with Crippen molar-refractivity contribution in [3.8, 4) is 11.5 Å². The van der Waals surface area contributed by atoms with Crippen LogP contribution in [0.25, 0.3) is 6.08 Å². The van der Waals surface area contributed by atoms with Gasteiger partial charge in [-0.05, 0) is 66.6 Å². The van der Waals surface area contributed by atoms with Crippen LogP contribution in [0.3, 0.4) is 0 Å². The average Bonchev–Trinajstić information content (AvgIpc) is 3.03. The highest BCUT2D eigenvalue weighted by Crippen LogP contribution is 2.38. The number of hydrogen-bond acceptors (Lipinski definition) is 6. The van der Waals surface area contributed by atoms with E-state index in [1.54, 1.807) is 25.3 Å². The molecule has 2 aromatic rings. The SMILES string of the molecule is CCOc1cc(/C=C2/SC(=O)N(CCCOC)C2=O)c(Br)cc1OCc1ccc(Cl)cc1. The van der Waals surface area contributed by atoms with Crippen molar-refractivity contribution in [2.24, 2.45) is 0 Å². The molecule has 1 heterocycles. The fourth-order valence-electron chi connectivity index (χ4n) is 2.99. The van der Waals surface area contributed by atoms with E-state index in [2.05, 4.69) is 15.9 Å². The molecule has 0 N–H and O–H groups in total. The van der Waals surface area contributed by atoms with E-state index in [-0.39, 0.29) is 11.1 Å². The Morgan fingerprint density at radius 2 is 1.84 bits per heavy atom. The molecule has 170 valence electrons. The Morgan fingerprint density at radius 1 is 1.12 bits per heavy atom. The molecule has 3 rings (SSSR count). The highest BCUT2D eigenvalue weighted by molar-refractivity contribution is 9.10. The Balaban J connectivity index is 1.80. The molecule has 9 heteroatoms. The first-order valence-corrected chi connectivity index (χ1v) is 12.0. The van der Waals surface area contributed by atoms with Crippen LogP contribution in [0.2, 0.25) is 5.02 Å². The molecule has 0 unspecified atom stereocenters. The van der Waals surface area contributed by atoms with Crippen LogP contribution in [0.4, 0.5) is 4.79 Å². The van der Waals surface area contributed by atoms with Crippen molar-refractivity contribution in [2.75, 3.05) is 26.9 Å². The van der Waals surface area contributed by atoms with Gasteiger partial charge in [0.15, 0.2) is 11.5 Å². The largest absolute Gasteiger partial charge is 0.490 e. The van der Waals surface area contributed by atoms with Crippen LogP contribution < -0.4 is 9.47 Å². The monoisotopic (exact) mass is 539 g/mol. The van der Waals surface area contributed by atoms with Gasteiger partial charge in [0.05, 0.1) is 11.5 Å². The fourth-order valence-corrected chi connectivity index (χ4v) is 4.40. The van der Waals surface area contributed by atoms with Gasteiger partial charge in [-0.3, -0.25) is 14.5 Å². The van der Waals surface area contributed by atoms with Gasteiger partial charge in [0.1, 0.15) is 6.61 Å². The number of rotatable bonds is 10. The second-order valence-electron chi connectivity index (χ2n) is 6.85. The maximum absolute atomic E-state index is 12.7. The fraction of sp³-hybridized carbons (Fsp3) is 0.304. The van der Waals surface area contributed by atoms with Gasteiger partial charge in [0.2, 0.25) is 0 Å². The summed E-state index contributed by atoms with van der Waals surface area (Å²) in [6, 6.07) is 11.0. The lowest BCUT2D eigenvalue weighted by molar-refractivity contribution is -0.122. The van der Waals surface area contributed by atoms with Crippen LogP contribution in [-0.2, 0) is 16.1 Å². The minimum atomic E-state index is -0.302. The number of nitrogens with zero attached hydrogens (tertiary/aromatic N) is 1. The zero-order valence-electron chi connectivity index (χ0n) is 17.7. The van der Waals surface area contributed by atoms with Crippen molar-refractivity contribution in [1.82, 2.24) is 4.90 Å². The smallest absolute Gasteiger partial charge is 0.293 e. The third kappa shape index (κ3) is 6.28. The van der Waals surface area contributed by atoms with Gasteiger partial charge < -0.3 is 14.2 Å². The Morgan fingerprint density at radius 3 is 2.53 bits per heavy atom. The first kappa shape index (κ1) is 24.6. The summed E-state index contributed by atoms with van der Waals surface area (Å²) >= 11 is 10.4. The third-order valence-electron chi connectivity index (χ3n) is 4.56. The number of halogens is 2. The summed E-state index contributed by atoms with van der Waals surface area (Å²) in [6.45, 7) is 3.51. The molecule has 32 heavy (non-hydrogen) atoms. The van der Waals surface area contributed by atoms with E-state index in [4.69, 9.17) is 25.8 Å². The van der Waals surface area contributed by atoms with Crippen molar-refractivity contribution in [1.29, 1.82) is 0 Å². The maximum atomic E-state index is 12.7. The standard InChI is InChI=1S/C23H23BrClNO5S/c1-3-30-19-11-16(12-21-22(27)26(23(28)32-21)9-4-10-29-2)18(24)13-20(19)31-14-15-5-7-17(25)8-6-15/h5-8,11-13H,3-4,9-10,14H2,1-2H3/b21-12+. The summed E-state index contributed by atoms with van der Waals surface area (Å²) in [4.78, 5) is 26.5. The van der Waals surface area contributed by atoms with E-state index in [9.17, 15) is 9.59 Å². The van der Waals surface area contributed by atoms with E-state index in [1.807, 2.05) is 31.2 Å². The summed E-state index contributed by atoms with van der Waals surface area (Å²) in [6.07, 6.45) is 2.29. The van der Waals surface area contributed by atoms with Gasteiger partial charge in [-0.1, -0.05) is 39.7 Å². The van der Waals surface area contributed by atoms with E-state index in [1.165, 1.54) is 4.90 Å². The molecule has 0 spiro atoms. The van der Waals surface area contributed by atoms with Crippen molar-refractivity contribution in [3.63, 3.8) is 0 Å². The third-order valence-corrected chi connectivity index (χ3v) is 6.41. The Bertz CT molecular complexity index is 1010. The quantitative estimate of drug-likeness (QED) is 0.266. The Kier molecular flexibility index (Phi) is 9.04. The van der Waals surface area contributed by atoms with Gasteiger partial charge in [0.25, 0.3) is 11.1 Å². The number of imide groups is 1. The summed E-state index contributed by atoms with van der Waals surface area (Å²) in [7, 11) is 1.59. The lowest BCUT2D eigenvalue weighted by atomic mass is 10.1. The summed E-state index contributed by atoms with van der Waals surface area (Å²) in [5.74, 6) is 0.817. The number of carbonyl (C=O) groups excluding carboxylic acids is 2. The van der Waals surface area contributed by atoms with E-state index < -0.39 is 0 Å². The number of hydrogen-bond donors (Lipinski definition) is 0. The molecule has 0 saturated carbocycles. The van der Waals surface area contributed by atoms with Gasteiger partial charge in [-0.2, -0.15) is 0 Å². The molecular formula is C23H23BrClNO5S. The topological polar surface area (TPSA) is 65.1 Å². The van der Waals surface area contributed by atoms with Gasteiger partial charge >= 0.3 is 0 Å². The number of carbonyl (C=O) groups is 2. The van der Waals surface area contributed by atoms with Crippen LogP contribution in [0.1, 0.15) is 24.5 Å². The minimum absolute atomic E-state index is 0.276. The number of ether oxygens (including phenoxy) is 3. The molecule has 0 bridgehead atoms. The maximum Gasteiger partial charge on any atom is 0.293 e. The zero-order chi connectivity index (χ0) is 23.1. The predicted molar refractivity (Wildman–Crippen MR) is 130 cm³/mol. The predicted octanol–water partition coefficient (Wildman–Crippen LogP) is 6.15. The summed E-state index contributed by atoms with van der Waals surface area (Å²) in [5, 5.41) is 0.389. The number of thioether (sulfide) groups is 1. The molecule has 0 aliphatic carbocycles. The minimum Gasteiger partial charge on any atom is -0.490 e. The second-order valence-corrected chi connectivity index (χ2v) is 9.13. The van der Waals surface area contributed by atoms with Gasteiger partial charge in [-0.15, -0.1) is 0 Å². The van der Waals surface area contributed by atoms with E-state index >= 15 is 0 Å². The molecule has 0 radical (unpaired) electrons. The second kappa shape index (κ2) is 11.7. The molecule has 1 saturated heterocycles. The molecule has 6 nitrogen and oxygen atoms in total. The van der Waals surface area contributed by atoms with Crippen LogP contribution in [-0.4, -0.2) is 42.9 Å². The number of methoxy groups -OCH3 is 1. The normalized spacial score (nSPS) is 15.0. The Hall–Kier alpha value is -2.00. The number of amides is 2. The zero-order valence-corrected chi connectivity index (χ0v) is 20.9. The lowest BCUT2D eigenvalue weighted by Crippen LogP contribution is -2.29. The van der Waals surface area contributed by atoms with E-state index in [0.29, 0.717) is 54.2 Å². The van der Waals surface area contributed by atoms with E-state index in [0.717, 1.165) is 27.4 Å². The molecule has 0 aromatic heterocycles. The Labute approximate surface area is 205 Å².